The zero-order valence-electron chi connectivity index (χ0n) is 21.8. The molecule has 0 radical (unpaired) electrons. The van der Waals surface area contributed by atoms with E-state index in [1.807, 2.05) is 18.3 Å². The van der Waals surface area contributed by atoms with E-state index in [2.05, 4.69) is 129 Å². The topological polar surface area (TPSA) is 35.6 Å². The number of benzene rings is 4. The van der Waals surface area contributed by atoms with Crippen molar-refractivity contribution in [2.24, 2.45) is 7.05 Å². The first-order valence-electron chi connectivity index (χ1n) is 13.3. The minimum atomic E-state index is 0.957. The number of imidazole rings is 1. The molecule has 0 fully saturated rings. The van der Waals surface area contributed by atoms with Crippen LogP contribution in [0.5, 0.6) is 0 Å². The number of hydrogen-bond acceptors (Lipinski definition) is 3. The highest BCUT2D eigenvalue weighted by atomic mass is 32.1. The highest BCUT2D eigenvalue weighted by molar-refractivity contribution is 7.08. The maximum atomic E-state index is 5.12. The quantitative estimate of drug-likeness (QED) is 0.227. The van der Waals surface area contributed by atoms with E-state index in [1.54, 1.807) is 11.3 Å². The Balaban J connectivity index is 1.33. The van der Waals surface area contributed by atoms with Crippen LogP contribution in [0.25, 0.3) is 72.3 Å². The number of pyridine rings is 1. The van der Waals surface area contributed by atoms with E-state index in [-0.39, 0.29) is 0 Å². The summed E-state index contributed by atoms with van der Waals surface area (Å²) in [6.45, 7) is 0. The lowest BCUT2D eigenvalue weighted by Crippen LogP contribution is -1.96. The molecule has 190 valence electrons. The van der Waals surface area contributed by atoms with Crippen LogP contribution in [0.1, 0.15) is 0 Å². The molecule has 0 aliphatic rings. The van der Waals surface area contributed by atoms with Crippen molar-refractivity contribution < 1.29 is 0 Å². The number of aromatic nitrogens is 4. The number of rotatable bonds is 4. The van der Waals surface area contributed by atoms with Crippen LogP contribution in [0.4, 0.5) is 0 Å². The first-order chi connectivity index (χ1) is 19.7. The highest BCUT2D eigenvalue weighted by Crippen LogP contribution is 2.36. The van der Waals surface area contributed by atoms with Gasteiger partial charge in [0.1, 0.15) is 5.82 Å². The van der Waals surface area contributed by atoms with Gasteiger partial charge >= 0.3 is 0 Å². The first-order valence-corrected chi connectivity index (χ1v) is 14.2. The van der Waals surface area contributed by atoms with Crippen LogP contribution in [0, 0.1) is 0 Å². The Morgan fingerprint density at radius 1 is 0.625 bits per heavy atom. The van der Waals surface area contributed by atoms with Gasteiger partial charge in [-0.25, -0.2) is 4.98 Å². The van der Waals surface area contributed by atoms with Gasteiger partial charge in [0.2, 0.25) is 0 Å². The van der Waals surface area contributed by atoms with Crippen LogP contribution < -0.4 is 0 Å². The third kappa shape index (κ3) is 3.59. The Labute approximate surface area is 235 Å². The van der Waals surface area contributed by atoms with Crippen molar-refractivity contribution in [3.63, 3.8) is 0 Å². The second-order valence-corrected chi connectivity index (χ2v) is 10.8. The number of thiophene rings is 1. The van der Waals surface area contributed by atoms with Gasteiger partial charge in [-0.3, -0.25) is 4.98 Å². The normalized spacial score (nSPS) is 11.6. The number of hydrogen-bond donors (Lipinski definition) is 0. The zero-order valence-corrected chi connectivity index (χ0v) is 22.6. The summed E-state index contributed by atoms with van der Waals surface area (Å²) in [6, 6.07) is 38.7. The highest BCUT2D eigenvalue weighted by Gasteiger charge is 2.16. The summed E-state index contributed by atoms with van der Waals surface area (Å²) in [6.07, 6.45) is 1.84. The first kappa shape index (κ1) is 22.9. The molecule has 0 N–H and O–H groups in total. The lowest BCUT2D eigenvalue weighted by atomic mass is 10.1. The van der Waals surface area contributed by atoms with Gasteiger partial charge in [0, 0.05) is 40.8 Å². The lowest BCUT2D eigenvalue weighted by molar-refractivity contribution is 0.959. The SMILES string of the molecule is Cn1c(-c2ccc3c4ccccc4n(-c4cccc(-c5ccccn5)c4)c3c2)nc2cc(-c3ccsc3)ccc21. The molecule has 4 heterocycles. The van der Waals surface area contributed by atoms with E-state index in [4.69, 9.17) is 4.98 Å². The predicted molar refractivity (Wildman–Crippen MR) is 167 cm³/mol. The van der Waals surface area contributed by atoms with Gasteiger partial charge in [-0.05, 0) is 76.5 Å². The fourth-order valence-corrected chi connectivity index (χ4v) is 6.46. The summed E-state index contributed by atoms with van der Waals surface area (Å²) in [5.41, 5.74) is 11.2. The summed E-state index contributed by atoms with van der Waals surface area (Å²) >= 11 is 1.72. The molecule has 5 heteroatoms. The van der Waals surface area contributed by atoms with Crippen LogP contribution in [0.2, 0.25) is 0 Å². The minimum Gasteiger partial charge on any atom is -0.327 e. The van der Waals surface area contributed by atoms with Crippen molar-refractivity contribution in [1.82, 2.24) is 19.1 Å². The summed E-state index contributed by atoms with van der Waals surface area (Å²) in [4.78, 5) is 9.70. The molecule has 0 bridgehead atoms. The predicted octanol–water partition coefficient (Wildman–Crippen LogP) is 9.13. The molecule has 8 rings (SSSR count). The molecule has 0 spiro atoms. The van der Waals surface area contributed by atoms with Crippen molar-refractivity contribution in [2.75, 3.05) is 0 Å². The molecule has 0 atom stereocenters. The Kier molecular flexibility index (Phi) is 5.18. The maximum Gasteiger partial charge on any atom is 0.140 e. The van der Waals surface area contributed by atoms with Crippen molar-refractivity contribution in [3.05, 3.63) is 126 Å². The standard InChI is InChI=1S/C35H24N4S/c1-38-33-15-13-23(26-16-18-40-22-26)20-31(33)37-35(38)25-12-14-29-28-9-2-3-11-32(28)39(34(29)21-25)27-8-6-7-24(19-27)30-10-4-5-17-36-30/h2-22H,1H3. The third-order valence-corrected chi connectivity index (χ3v) is 8.42. The lowest BCUT2D eigenvalue weighted by Gasteiger charge is -2.11. The molecular weight excluding hydrogens is 508 g/mol. The van der Waals surface area contributed by atoms with Crippen LogP contribution in [0.15, 0.2) is 126 Å². The number of aryl methyl sites for hydroxylation is 1. The third-order valence-electron chi connectivity index (χ3n) is 7.73. The molecule has 8 aromatic rings. The molecule has 0 aliphatic heterocycles. The summed E-state index contributed by atoms with van der Waals surface area (Å²) in [5.74, 6) is 0.957. The van der Waals surface area contributed by atoms with Gasteiger partial charge in [-0.2, -0.15) is 11.3 Å². The van der Waals surface area contributed by atoms with Crippen molar-refractivity contribution in [3.8, 4) is 39.5 Å². The average Bonchev–Trinajstić information content (AvgIpc) is 3.74. The van der Waals surface area contributed by atoms with Gasteiger partial charge in [0.15, 0.2) is 0 Å². The summed E-state index contributed by atoms with van der Waals surface area (Å²) < 4.78 is 4.56. The zero-order chi connectivity index (χ0) is 26.6. The van der Waals surface area contributed by atoms with Crippen LogP contribution in [0.3, 0.4) is 0 Å². The molecular formula is C35H24N4S. The van der Waals surface area contributed by atoms with E-state index >= 15 is 0 Å². The summed E-state index contributed by atoms with van der Waals surface area (Å²) in [5, 5.41) is 6.75. The maximum absolute atomic E-state index is 5.12. The Morgan fingerprint density at radius 3 is 2.38 bits per heavy atom. The van der Waals surface area contributed by atoms with E-state index in [9.17, 15) is 0 Å². The Morgan fingerprint density at radius 2 is 1.50 bits per heavy atom. The van der Waals surface area contributed by atoms with Crippen LogP contribution in [-0.2, 0) is 7.05 Å². The minimum absolute atomic E-state index is 0.957. The number of para-hydroxylation sites is 1. The Bertz CT molecular complexity index is 2170. The largest absolute Gasteiger partial charge is 0.327 e. The van der Waals surface area contributed by atoms with E-state index in [1.165, 1.54) is 27.4 Å². The van der Waals surface area contributed by atoms with E-state index < -0.39 is 0 Å². The fourth-order valence-electron chi connectivity index (χ4n) is 5.79. The van der Waals surface area contributed by atoms with Crippen LogP contribution in [-0.4, -0.2) is 19.1 Å². The van der Waals surface area contributed by atoms with Gasteiger partial charge in [0.25, 0.3) is 0 Å². The van der Waals surface area contributed by atoms with Gasteiger partial charge in [-0.1, -0.05) is 54.6 Å². The van der Waals surface area contributed by atoms with Crippen molar-refractivity contribution >= 4 is 44.2 Å². The number of fused-ring (bicyclic) bond motifs is 4. The molecule has 0 saturated heterocycles. The second kappa shape index (κ2) is 9.04. The second-order valence-electron chi connectivity index (χ2n) is 10.1. The fraction of sp³-hybridized carbons (Fsp3) is 0.0286. The smallest absolute Gasteiger partial charge is 0.140 e. The molecule has 4 aromatic carbocycles. The molecule has 0 amide bonds. The monoisotopic (exact) mass is 532 g/mol. The summed E-state index contributed by atoms with van der Waals surface area (Å²) in [7, 11) is 2.10. The molecule has 0 aliphatic carbocycles. The average molecular weight is 533 g/mol. The molecule has 40 heavy (non-hydrogen) atoms. The molecule has 4 aromatic heterocycles. The van der Waals surface area contributed by atoms with E-state index in [0.29, 0.717) is 0 Å². The van der Waals surface area contributed by atoms with Crippen LogP contribution >= 0.6 is 11.3 Å². The Hall–Kier alpha value is -5.00. The van der Waals surface area contributed by atoms with Gasteiger partial charge < -0.3 is 9.13 Å². The van der Waals surface area contributed by atoms with Gasteiger partial charge in [0.05, 0.1) is 27.8 Å². The van der Waals surface area contributed by atoms with Crippen molar-refractivity contribution in [2.45, 2.75) is 0 Å². The number of nitrogens with zero attached hydrogens (tertiary/aromatic N) is 4. The van der Waals surface area contributed by atoms with Crippen molar-refractivity contribution in [1.29, 1.82) is 0 Å². The molecule has 0 saturated carbocycles. The molecule has 4 nitrogen and oxygen atoms in total. The molecule has 0 unspecified atom stereocenters. The van der Waals surface area contributed by atoms with Gasteiger partial charge in [-0.15, -0.1) is 0 Å². The van der Waals surface area contributed by atoms with E-state index in [0.717, 1.165) is 44.9 Å².